The monoisotopic (exact) mass is 429 g/mol. The minimum atomic E-state index is -0.454. The molecular formula is C21H23N3O5S. The van der Waals surface area contributed by atoms with Crippen molar-refractivity contribution in [1.82, 2.24) is 5.32 Å². The summed E-state index contributed by atoms with van der Waals surface area (Å²) in [6.07, 6.45) is -0.904. The summed E-state index contributed by atoms with van der Waals surface area (Å²) in [5.41, 5.74) is 1.45. The van der Waals surface area contributed by atoms with Gasteiger partial charge in [-0.2, -0.15) is 0 Å². The number of benzene rings is 1. The molecule has 1 aromatic heterocycles. The molecular weight excluding hydrogens is 406 g/mol. The Kier molecular flexibility index (Phi) is 5.74. The fourth-order valence-electron chi connectivity index (χ4n) is 3.45. The average Bonchev–Trinajstić information content (AvgIpc) is 3.34. The number of carbonyl (C=O) groups is 3. The molecule has 158 valence electrons. The number of hydrogen-bond acceptors (Lipinski definition) is 6. The zero-order valence-corrected chi connectivity index (χ0v) is 17.6. The SMILES string of the molecule is Cc1ccc(C(=O)NCC2CN(c3ccc(N4CC(C)OCC4=O)cc3)C(=O)O2)s1. The number of carbonyl (C=O) groups excluding carboxylic acids is 3. The maximum Gasteiger partial charge on any atom is 0.414 e. The minimum Gasteiger partial charge on any atom is -0.442 e. The van der Waals surface area contributed by atoms with Gasteiger partial charge in [0.1, 0.15) is 12.7 Å². The van der Waals surface area contributed by atoms with E-state index in [-0.39, 0.29) is 31.1 Å². The first-order chi connectivity index (χ1) is 14.4. The summed E-state index contributed by atoms with van der Waals surface area (Å²) in [5, 5.41) is 2.82. The van der Waals surface area contributed by atoms with Crippen LogP contribution in [0, 0.1) is 6.92 Å². The Bertz CT molecular complexity index is 958. The Labute approximate surface area is 178 Å². The van der Waals surface area contributed by atoms with Crippen molar-refractivity contribution in [2.24, 2.45) is 0 Å². The lowest BCUT2D eigenvalue weighted by Crippen LogP contribution is -2.45. The van der Waals surface area contributed by atoms with Crippen molar-refractivity contribution >= 4 is 40.6 Å². The highest BCUT2D eigenvalue weighted by Gasteiger charge is 2.33. The third kappa shape index (κ3) is 4.31. The topological polar surface area (TPSA) is 88.2 Å². The smallest absolute Gasteiger partial charge is 0.414 e. The maximum absolute atomic E-state index is 12.3. The molecule has 0 spiro atoms. The van der Waals surface area contributed by atoms with Gasteiger partial charge in [-0.25, -0.2) is 4.79 Å². The van der Waals surface area contributed by atoms with Gasteiger partial charge in [-0.05, 0) is 50.2 Å². The maximum atomic E-state index is 12.3. The molecule has 0 bridgehead atoms. The number of morpholine rings is 1. The van der Waals surface area contributed by atoms with E-state index in [0.29, 0.717) is 23.7 Å². The molecule has 3 heterocycles. The van der Waals surface area contributed by atoms with Gasteiger partial charge in [-0.1, -0.05) is 0 Å². The van der Waals surface area contributed by atoms with Gasteiger partial charge in [0.05, 0.1) is 30.6 Å². The van der Waals surface area contributed by atoms with Crippen LogP contribution in [0.4, 0.5) is 16.2 Å². The van der Waals surface area contributed by atoms with Gasteiger partial charge in [-0.3, -0.25) is 14.5 Å². The Morgan fingerprint density at radius 1 is 1.10 bits per heavy atom. The number of aryl methyl sites for hydroxylation is 1. The summed E-state index contributed by atoms with van der Waals surface area (Å²) in [6.45, 7) is 5.02. The number of anilines is 2. The first-order valence-electron chi connectivity index (χ1n) is 9.75. The average molecular weight is 429 g/mol. The second kappa shape index (κ2) is 8.45. The molecule has 1 aromatic carbocycles. The van der Waals surface area contributed by atoms with E-state index in [1.165, 1.54) is 16.2 Å². The molecule has 2 aliphatic heterocycles. The molecule has 1 N–H and O–H groups in total. The lowest BCUT2D eigenvalue weighted by Gasteiger charge is -2.31. The molecule has 8 nitrogen and oxygen atoms in total. The molecule has 2 unspecified atom stereocenters. The lowest BCUT2D eigenvalue weighted by molar-refractivity contribution is -0.128. The number of nitrogens with one attached hydrogen (secondary N) is 1. The number of thiophene rings is 1. The summed E-state index contributed by atoms with van der Waals surface area (Å²) in [6, 6.07) is 10.9. The minimum absolute atomic E-state index is 0.0232. The van der Waals surface area contributed by atoms with Crippen molar-refractivity contribution in [3.8, 4) is 0 Å². The second-order valence-electron chi connectivity index (χ2n) is 7.38. The van der Waals surface area contributed by atoms with Crippen molar-refractivity contribution in [3.63, 3.8) is 0 Å². The molecule has 0 saturated carbocycles. The van der Waals surface area contributed by atoms with Crippen molar-refractivity contribution in [2.45, 2.75) is 26.1 Å². The van der Waals surface area contributed by atoms with Crippen LogP contribution in [0.15, 0.2) is 36.4 Å². The van der Waals surface area contributed by atoms with Crippen LogP contribution in [-0.4, -0.2) is 56.4 Å². The van der Waals surface area contributed by atoms with E-state index in [9.17, 15) is 14.4 Å². The van der Waals surface area contributed by atoms with Crippen molar-refractivity contribution in [3.05, 3.63) is 46.2 Å². The summed E-state index contributed by atoms with van der Waals surface area (Å²) in [5.74, 6) is -0.255. The van der Waals surface area contributed by atoms with E-state index >= 15 is 0 Å². The van der Waals surface area contributed by atoms with Crippen LogP contribution >= 0.6 is 11.3 Å². The highest BCUT2D eigenvalue weighted by molar-refractivity contribution is 7.13. The van der Waals surface area contributed by atoms with Crippen LogP contribution in [0.5, 0.6) is 0 Å². The van der Waals surface area contributed by atoms with Crippen molar-refractivity contribution in [2.75, 3.05) is 36.0 Å². The van der Waals surface area contributed by atoms with E-state index in [1.54, 1.807) is 23.1 Å². The molecule has 30 heavy (non-hydrogen) atoms. The molecule has 9 heteroatoms. The van der Waals surface area contributed by atoms with Gasteiger partial charge in [-0.15, -0.1) is 11.3 Å². The van der Waals surface area contributed by atoms with Gasteiger partial charge in [0.2, 0.25) is 0 Å². The molecule has 2 saturated heterocycles. The van der Waals surface area contributed by atoms with Gasteiger partial charge in [0.15, 0.2) is 0 Å². The second-order valence-corrected chi connectivity index (χ2v) is 8.67. The Hall–Kier alpha value is -2.91. The standard InChI is InChI=1S/C21H23N3O5S/c1-13-10-23(19(25)12-28-13)15-4-6-16(7-5-15)24-11-17(29-21(24)27)9-22-20(26)18-8-3-14(2)30-18/h3-8,13,17H,9-12H2,1-2H3,(H,22,26). The Balaban J connectivity index is 1.36. The highest BCUT2D eigenvalue weighted by atomic mass is 32.1. The lowest BCUT2D eigenvalue weighted by atomic mass is 10.2. The van der Waals surface area contributed by atoms with Crippen LogP contribution < -0.4 is 15.1 Å². The number of rotatable bonds is 5. The predicted octanol–water partition coefficient (Wildman–Crippen LogP) is 2.56. The number of hydrogen-bond donors (Lipinski definition) is 1. The first kappa shape index (κ1) is 20.4. The van der Waals surface area contributed by atoms with E-state index < -0.39 is 12.2 Å². The molecule has 2 aromatic rings. The first-order valence-corrected chi connectivity index (χ1v) is 10.6. The number of nitrogens with zero attached hydrogens (tertiary/aromatic N) is 2. The predicted molar refractivity (Wildman–Crippen MR) is 113 cm³/mol. The van der Waals surface area contributed by atoms with Gasteiger partial charge >= 0.3 is 6.09 Å². The number of ether oxygens (including phenoxy) is 2. The molecule has 2 fully saturated rings. The van der Waals surface area contributed by atoms with E-state index in [2.05, 4.69) is 5.32 Å². The van der Waals surface area contributed by atoms with Crippen LogP contribution in [0.3, 0.4) is 0 Å². The van der Waals surface area contributed by atoms with Gasteiger partial charge < -0.3 is 19.7 Å². The molecule has 2 atom stereocenters. The third-order valence-electron chi connectivity index (χ3n) is 5.03. The highest BCUT2D eigenvalue weighted by Crippen LogP contribution is 2.26. The van der Waals surface area contributed by atoms with Crippen molar-refractivity contribution in [1.29, 1.82) is 0 Å². The number of amides is 3. The normalized spacial score (nSPS) is 21.7. The fourth-order valence-corrected chi connectivity index (χ4v) is 4.24. The number of cyclic esters (lactones) is 1. The van der Waals surface area contributed by atoms with Gasteiger partial charge in [0, 0.05) is 16.3 Å². The summed E-state index contributed by atoms with van der Waals surface area (Å²) in [7, 11) is 0. The largest absolute Gasteiger partial charge is 0.442 e. The fraction of sp³-hybridized carbons (Fsp3) is 0.381. The van der Waals surface area contributed by atoms with Crippen LogP contribution in [0.1, 0.15) is 21.5 Å². The zero-order valence-electron chi connectivity index (χ0n) is 16.8. The quantitative estimate of drug-likeness (QED) is 0.789. The Morgan fingerprint density at radius 2 is 1.80 bits per heavy atom. The van der Waals surface area contributed by atoms with Crippen molar-refractivity contribution < 1.29 is 23.9 Å². The van der Waals surface area contributed by atoms with E-state index in [1.807, 2.05) is 32.0 Å². The van der Waals surface area contributed by atoms with Crippen LogP contribution in [0.25, 0.3) is 0 Å². The summed E-state index contributed by atoms with van der Waals surface area (Å²) in [4.78, 5) is 41.5. The molecule has 4 rings (SSSR count). The van der Waals surface area contributed by atoms with E-state index in [4.69, 9.17) is 9.47 Å². The molecule has 0 radical (unpaired) electrons. The third-order valence-corrected chi connectivity index (χ3v) is 6.03. The molecule has 0 aliphatic carbocycles. The Morgan fingerprint density at radius 3 is 2.47 bits per heavy atom. The van der Waals surface area contributed by atoms with Crippen LogP contribution in [0.2, 0.25) is 0 Å². The van der Waals surface area contributed by atoms with Gasteiger partial charge in [0.25, 0.3) is 11.8 Å². The summed E-state index contributed by atoms with van der Waals surface area (Å²) >= 11 is 1.42. The molecule has 3 amide bonds. The summed E-state index contributed by atoms with van der Waals surface area (Å²) < 4.78 is 10.7. The van der Waals surface area contributed by atoms with E-state index in [0.717, 1.165) is 10.6 Å². The zero-order chi connectivity index (χ0) is 21.3. The molecule has 2 aliphatic rings. The van der Waals surface area contributed by atoms with Crippen LogP contribution in [-0.2, 0) is 14.3 Å².